The maximum atomic E-state index is 13.4. The van der Waals surface area contributed by atoms with Crippen LogP contribution in [0.1, 0.15) is 52.5 Å². The van der Waals surface area contributed by atoms with Gasteiger partial charge in [-0.1, -0.05) is 6.92 Å². The molecule has 2 aliphatic rings. The van der Waals surface area contributed by atoms with Crippen molar-refractivity contribution < 1.29 is 13.2 Å². The Balaban J connectivity index is 1.73. The molecule has 1 amide bonds. The first kappa shape index (κ1) is 22.8. The third-order valence-corrected chi connectivity index (χ3v) is 9.27. The number of anilines is 2. The molecule has 1 aromatic heterocycles. The molecule has 1 aliphatic carbocycles. The molecule has 32 heavy (non-hydrogen) atoms. The summed E-state index contributed by atoms with van der Waals surface area (Å²) in [5.74, 6) is 0.178. The SMILES string of the molecule is CC1CCc2c(sc(NC(=O)c3cc(S(=O)(=O)N(C)C)ccc3N3CCCC3)c2C#N)C1. The lowest BCUT2D eigenvalue weighted by Crippen LogP contribution is -2.25. The van der Waals surface area contributed by atoms with Gasteiger partial charge in [0.1, 0.15) is 11.1 Å². The van der Waals surface area contributed by atoms with Crippen LogP contribution in [0.4, 0.5) is 10.7 Å². The quantitative estimate of drug-likeness (QED) is 0.713. The van der Waals surface area contributed by atoms with Gasteiger partial charge in [0.05, 0.1) is 16.0 Å². The summed E-state index contributed by atoms with van der Waals surface area (Å²) in [6, 6.07) is 7.02. The summed E-state index contributed by atoms with van der Waals surface area (Å²) in [4.78, 5) is 16.8. The highest BCUT2D eigenvalue weighted by Gasteiger charge is 2.28. The Labute approximate surface area is 193 Å². The van der Waals surface area contributed by atoms with Gasteiger partial charge < -0.3 is 10.2 Å². The molecule has 1 unspecified atom stereocenters. The second-order valence-electron chi connectivity index (χ2n) is 8.78. The van der Waals surface area contributed by atoms with E-state index in [0.29, 0.717) is 22.0 Å². The van der Waals surface area contributed by atoms with Crippen molar-refractivity contribution in [1.29, 1.82) is 5.26 Å². The van der Waals surface area contributed by atoms with Gasteiger partial charge in [-0.2, -0.15) is 5.26 Å². The smallest absolute Gasteiger partial charge is 0.258 e. The zero-order valence-electron chi connectivity index (χ0n) is 18.6. The van der Waals surface area contributed by atoms with Gasteiger partial charge >= 0.3 is 0 Å². The van der Waals surface area contributed by atoms with E-state index in [9.17, 15) is 18.5 Å². The number of carbonyl (C=O) groups is 1. The summed E-state index contributed by atoms with van der Waals surface area (Å²) in [6.07, 6.45) is 4.87. The minimum atomic E-state index is -3.68. The van der Waals surface area contributed by atoms with Gasteiger partial charge in [-0.25, -0.2) is 12.7 Å². The second-order valence-corrected chi connectivity index (χ2v) is 12.0. The number of nitriles is 1. The van der Waals surface area contributed by atoms with Gasteiger partial charge in [-0.3, -0.25) is 4.79 Å². The molecule has 170 valence electrons. The number of benzene rings is 1. The van der Waals surface area contributed by atoms with Crippen molar-refractivity contribution in [1.82, 2.24) is 4.31 Å². The van der Waals surface area contributed by atoms with Crippen LogP contribution in [0.15, 0.2) is 23.1 Å². The number of hydrogen-bond donors (Lipinski definition) is 1. The van der Waals surface area contributed by atoms with Crippen molar-refractivity contribution in [3.63, 3.8) is 0 Å². The Morgan fingerprint density at radius 1 is 1.28 bits per heavy atom. The lowest BCUT2D eigenvalue weighted by molar-refractivity contribution is 0.102. The highest BCUT2D eigenvalue weighted by atomic mass is 32.2. The van der Waals surface area contributed by atoms with Crippen LogP contribution in [0.3, 0.4) is 0 Å². The second kappa shape index (κ2) is 8.85. The Kier molecular flexibility index (Phi) is 6.30. The topological polar surface area (TPSA) is 93.5 Å². The molecule has 1 fully saturated rings. The number of hydrogen-bond acceptors (Lipinski definition) is 6. The van der Waals surface area contributed by atoms with Crippen molar-refractivity contribution in [3.05, 3.63) is 39.8 Å². The number of nitrogens with zero attached hydrogens (tertiary/aromatic N) is 3. The van der Waals surface area contributed by atoms with Crippen LogP contribution in [0.2, 0.25) is 0 Å². The predicted octanol–water partition coefficient (Wildman–Crippen LogP) is 3.85. The van der Waals surface area contributed by atoms with Gasteiger partial charge in [0, 0.05) is 37.7 Å². The van der Waals surface area contributed by atoms with Gasteiger partial charge in [0.15, 0.2) is 0 Å². The van der Waals surface area contributed by atoms with Gasteiger partial charge in [-0.15, -0.1) is 11.3 Å². The maximum absolute atomic E-state index is 13.4. The third kappa shape index (κ3) is 4.15. The van der Waals surface area contributed by atoms with Gasteiger partial charge in [0.25, 0.3) is 5.91 Å². The van der Waals surface area contributed by atoms with Crippen molar-refractivity contribution >= 4 is 38.0 Å². The Bertz CT molecular complexity index is 1190. The predicted molar refractivity (Wildman–Crippen MR) is 127 cm³/mol. The van der Waals surface area contributed by atoms with E-state index in [2.05, 4.69) is 23.2 Å². The molecule has 4 rings (SSSR count). The largest absolute Gasteiger partial charge is 0.371 e. The molecule has 1 aromatic carbocycles. The molecule has 0 saturated carbocycles. The lowest BCUT2D eigenvalue weighted by atomic mass is 9.88. The zero-order chi connectivity index (χ0) is 23.0. The molecular weight excluding hydrogens is 444 g/mol. The monoisotopic (exact) mass is 472 g/mol. The maximum Gasteiger partial charge on any atom is 0.258 e. The molecule has 2 aromatic rings. The number of thiophene rings is 1. The Morgan fingerprint density at radius 2 is 2.00 bits per heavy atom. The molecular formula is C23H28N4O3S2. The van der Waals surface area contributed by atoms with E-state index in [1.54, 1.807) is 12.1 Å². The summed E-state index contributed by atoms with van der Waals surface area (Å²) in [5, 5.41) is 13.3. The van der Waals surface area contributed by atoms with E-state index in [-0.39, 0.29) is 10.8 Å². The first-order valence-corrected chi connectivity index (χ1v) is 13.2. The summed E-state index contributed by atoms with van der Waals surface area (Å²) in [5.41, 5.74) is 2.64. The van der Waals surface area contributed by atoms with E-state index in [0.717, 1.165) is 60.7 Å². The standard InChI is InChI=1S/C23H28N4O3S2/c1-15-6-8-17-19(14-24)23(31-21(17)12-15)25-22(28)18-13-16(32(29,30)26(2)3)7-9-20(18)27-10-4-5-11-27/h7,9,13,15H,4-6,8,10-12H2,1-3H3,(H,25,28). The third-order valence-electron chi connectivity index (χ3n) is 6.29. The number of nitrogens with one attached hydrogen (secondary N) is 1. The van der Waals surface area contributed by atoms with Crippen LogP contribution in [-0.4, -0.2) is 45.8 Å². The Morgan fingerprint density at radius 3 is 2.66 bits per heavy atom. The fourth-order valence-corrected chi connectivity index (χ4v) is 6.71. The fourth-order valence-electron chi connectivity index (χ4n) is 4.43. The minimum absolute atomic E-state index is 0.0791. The van der Waals surface area contributed by atoms with Crippen molar-refractivity contribution in [2.24, 2.45) is 5.92 Å². The number of carbonyl (C=O) groups excluding carboxylic acids is 1. The van der Waals surface area contributed by atoms with Gasteiger partial charge in [0.2, 0.25) is 10.0 Å². The van der Waals surface area contributed by atoms with Crippen molar-refractivity contribution in [3.8, 4) is 6.07 Å². The van der Waals surface area contributed by atoms with E-state index in [4.69, 9.17) is 0 Å². The summed E-state index contributed by atoms with van der Waals surface area (Å²) in [6.45, 7) is 3.86. The normalized spacial score (nSPS) is 18.5. The van der Waals surface area contributed by atoms with E-state index in [1.165, 1.54) is 36.4 Å². The van der Waals surface area contributed by atoms with Crippen LogP contribution in [0.25, 0.3) is 0 Å². The van der Waals surface area contributed by atoms with Crippen LogP contribution >= 0.6 is 11.3 Å². The number of sulfonamides is 1. The number of amides is 1. The molecule has 0 bridgehead atoms. The summed E-state index contributed by atoms with van der Waals surface area (Å²) in [7, 11) is -0.738. The zero-order valence-corrected chi connectivity index (χ0v) is 20.3. The lowest BCUT2D eigenvalue weighted by Gasteiger charge is -2.22. The molecule has 0 spiro atoms. The molecule has 1 aliphatic heterocycles. The molecule has 9 heteroatoms. The van der Waals surface area contributed by atoms with Gasteiger partial charge in [-0.05, 0) is 61.8 Å². The van der Waals surface area contributed by atoms with Crippen LogP contribution in [0.5, 0.6) is 0 Å². The highest BCUT2D eigenvalue weighted by Crippen LogP contribution is 2.40. The number of rotatable bonds is 5. The fraction of sp³-hybridized carbons (Fsp3) is 0.478. The van der Waals surface area contributed by atoms with Crippen LogP contribution < -0.4 is 10.2 Å². The summed E-state index contributed by atoms with van der Waals surface area (Å²) < 4.78 is 26.5. The van der Waals surface area contributed by atoms with E-state index in [1.807, 2.05) is 0 Å². The molecule has 1 saturated heterocycles. The van der Waals surface area contributed by atoms with Crippen LogP contribution in [-0.2, 0) is 22.9 Å². The minimum Gasteiger partial charge on any atom is -0.371 e. The summed E-state index contributed by atoms with van der Waals surface area (Å²) >= 11 is 1.47. The molecule has 7 nitrogen and oxygen atoms in total. The molecule has 2 heterocycles. The molecule has 1 atom stereocenters. The van der Waals surface area contributed by atoms with E-state index >= 15 is 0 Å². The van der Waals surface area contributed by atoms with E-state index < -0.39 is 10.0 Å². The first-order valence-electron chi connectivity index (χ1n) is 10.9. The Hall–Kier alpha value is -2.41. The van der Waals surface area contributed by atoms with Crippen molar-refractivity contribution in [2.75, 3.05) is 37.4 Å². The molecule has 0 radical (unpaired) electrons. The van der Waals surface area contributed by atoms with Crippen LogP contribution in [0, 0.1) is 17.2 Å². The van der Waals surface area contributed by atoms with Crippen molar-refractivity contribution in [2.45, 2.75) is 43.9 Å². The average Bonchev–Trinajstić information content (AvgIpc) is 3.40. The molecule has 1 N–H and O–H groups in total. The highest BCUT2D eigenvalue weighted by molar-refractivity contribution is 7.89. The first-order chi connectivity index (χ1) is 15.2. The number of fused-ring (bicyclic) bond motifs is 1. The average molecular weight is 473 g/mol.